The van der Waals surface area contributed by atoms with Crippen LogP contribution >= 0.6 is 28.1 Å². The van der Waals surface area contributed by atoms with Crippen molar-refractivity contribution in [3.8, 4) is 22.9 Å². The largest absolute Gasteiger partial charge is 0.493 e. The lowest BCUT2D eigenvalue weighted by atomic mass is 10.2. The lowest BCUT2D eigenvalue weighted by molar-refractivity contribution is 0.292. The molecular formula is C19H19BrN4O2S. The van der Waals surface area contributed by atoms with Crippen LogP contribution in [0.25, 0.3) is 11.4 Å². The van der Waals surface area contributed by atoms with Gasteiger partial charge in [-0.15, -0.1) is 0 Å². The fourth-order valence-corrected chi connectivity index (χ4v) is 3.21. The van der Waals surface area contributed by atoms with Crippen LogP contribution in [0.5, 0.6) is 11.5 Å². The summed E-state index contributed by atoms with van der Waals surface area (Å²) in [5, 5.41) is 11.6. The van der Waals surface area contributed by atoms with Gasteiger partial charge in [-0.1, -0.05) is 37.3 Å². The zero-order valence-corrected chi connectivity index (χ0v) is 17.4. The minimum Gasteiger partial charge on any atom is -0.493 e. The summed E-state index contributed by atoms with van der Waals surface area (Å²) in [6.45, 7) is 2.67. The number of H-pyrrole nitrogens is 1. The summed E-state index contributed by atoms with van der Waals surface area (Å²) in [5.41, 5.74) is 1.76. The van der Waals surface area contributed by atoms with Gasteiger partial charge in [0, 0.05) is 5.56 Å². The molecule has 0 saturated heterocycles. The lowest BCUT2D eigenvalue weighted by Crippen LogP contribution is -2.00. The van der Waals surface area contributed by atoms with E-state index in [0.717, 1.165) is 22.0 Å². The number of hydrogen-bond donors (Lipinski definition) is 1. The number of halogens is 1. The number of nitrogens with one attached hydrogen (secondary N) is 1. The normalized spacial score (nSPS) is 11.1. The summed E-state index contributed by atoms with van der Waals surface area (Å²) in [6, 6.07) is 13.5. The molecule has 0 aliphatic heterocycles. The molecule has 2 aromatic carbocycles. The zero-order valence-electron chi connectivity index (χ0n) is 15.0. The molecule has 1 aromatic heterocycles. The third-order valence-electron chi connectivity index (χ3n) is 3.71. The SMILES string of the molecule is CCCOc1c(Br)cc(/C=N/n2c(-c3ccccc3)n[nH]c2=S)cc1OC. The van der Waals surface area contributed by atoms with Crippen LogP contribution in [0.1, 0.15) is 18.9 Å². The molecule has 0 saturated carbocycles. The van der Waals surface area contributed by atoms with Crippen LogP contribution in [0.4, 0.5) is 0 Å². The molecule has 1 N–H and O–H groups in total. The molecule has 0 amide bonds. The highest BCUT2D eigenvalue weighted by molar-refractivity contribution is 9.10. The fourth-order valence-electron chi connectivity index (χ4n) is 2.46. The second-order valence-corrected chi connectivity index (χ2v) is 6.90. The highest BCUT2D eigenvalue weighted by Gasteiger charge is 2.12. The van der Waals surface area contributed by atoms with Crippen molar-refractivity contribution in [3.63, 3.8) is 0 Å². The van der Waals surface area contributed by atoms with Crippen LogP contribution in [0.3, 0.4) is 0 Å². The first-order valence-corrected chi connectivity index (χ1v) is 9.61. The Kier molecular flexibility index (Phi) is 6.41. The first-order chi connectivity index (χ1) is 13.1. The van der Waals surface area contributed by atoms with E-state index in [9.17, 15) is 0 Å². The molecule has 6 nitrogen and oxygen atoms in total. The molecule has 1 heterocycles. The van der Waals surface area contributed by atoms with E-state index in [1.54, 1.807) is 18.0 Å². The second-order valence-electron chi connectivity index (χ2n) is 5.66. The summed E-state index contributed by atoms with van der Waals surface area (Å²) in [5.74, 6) is 1.96. The Morgan fingerprint density at radius 3 is 2.78 bits per heavy atom. The molecule has 3 aromatic rings. The fraction of sp³-hybridized carbons (Fsp3) is 0.211. The smallest absolute Gasteiger partial charge is 0.216 e. The van der Waals surface area contributed by atoms with Gasteiger partial charge in [0.2, 0.25) is 4.77 Å². The molecule has 0 fully saturated rings. The van der Waals surface area contributed by atoms with Crippen molar-refractivity contribution in [1.82, 2.24) is 14.9 Å². The van der Waals surface area contributed by atoms with E-state index in [-0.39, 0.29) is 0 Å². The summed E-state index contributed by atoms with van der Waals surface area (Å²) >= 11 is 8.85. The van der Waals surface area contributed by atoms with Crippen molar-refractivity contribution in [2.75, 3.05) is 13.7 Å². The van der Waals surface area contributed by atoms with Crippen molar-refractivity contribution >= 4 is 34.4 Å². The quantitative estimate of drug-likeness (QED) is 0.407. The molecule has 0 unspecified atom stereocenters. The van der Waals surface area contributed by atoms with Crippen molar-refractivity contribution in [2.45, 2.75) is 13.3 Å². The number of aromatic nitrogens is 3. The van der Waals surface area contributed by atoms with Gasteiger partial charge in [-0.3, -0.25) is 0 Å². The first kappa shape index (κ1) is 19.3. The van der Waals surface area contributed by atoms with Gasteiger partial charge in [0.15, 0.2) is 17.3 Å². The van der Waals surface area contributed by atoms with Crippen LogP contribution in [0.2, 0.25) is 0 Å². The average molecular weight is 447 g/mol. The molecular weight excluding hydrogens is 428 g/mol. The first-order valence-electron chi connectivity index (χ1n) is 8.41. The van der Waals surface area contributed by atoms with Gasteiger partial charge < -0.3 is 9.47 Å². The molecule has 8 heteroatoms. The Morgan fingerprint density at radius 1 is 1.30 bits per heavy atom. The molecule has 0 atom stereocenters. The Hall–Kier alpha value is -2.45. The predicted octanol–water partition coefficient (Wildman–Crippen LogP) is 5.05. The molecule has 0 radical (unpaired) electrons. The number of hydrogen-bond acceptors (Lipinski definition) is 5. The number of rotatable bonds is 7. The molecule has 0 spiro atoms. The number of nitrogens with zero attached hydrogens (tertiary/aromatic N) is 3. The minimum atomic E-state index is 0.416. The number of methoxy groups -OCH3 is 1. The Labute approximate surface area is 171 Å². The number of ether oxygens (including phenoxy) is 2. The third kappa shape index (κ3) is 4.45. The van der Waals surface area contributed by atoms with E-state index in [1.165, 1.54) is 0 Å². The maximum atomic E-state index is 5.76. The van der Waals surface area contributed by atoms with Gasteiger partial charge in [0.05, 0.1) is 24.4 Å². The van der Waals surface area contributed by atoms with Crippen LogP contribution in [0, 0.1) is 4.77 Å². The minimum absolute atomic E-state index is 0.416. The van der Waals surface area contributed by atoms with Gasteiger partial charge in [0.1, 0.15) is 0 Å². The second kappa shape index (κ2) is 8.96. The molecule has 0 bridgehead atoms. The Balaban J connectivity index is 1.95. The van der Waals surface area contributed by atoms with Crippen molar-refractivity contribution in [3.05, 3.63) is 57.3 Å². The Bertz CT molecular complexity index is 999. The van der Waals surface area contributed by atoms with Gasteiger partial charge in [-0.25, -0.2) is 5.10 Å². The van der Waals surface area contributed by atoms with Gasteiger partial charge in [-0.05, 0) is 52.3 Å². The summed E-state index contributed by atoms with van der Waals surface area (Å²) in [7, 11) is 1.61. The molecule has 3 rings (SSSR count). The number of benzene rings is 2. The van der Waals surface area contributed by atoms with E-state index in [1.807, 2.05) is 42.5 Å². The lowest BCUT2D eigenvalue weighted by Gasteiger charge is -2.12. The van der Waals surface area contributed by atoms with Crippen LogP contribution in [-0.4, -0.2) is 34.8 Å². The van der Waals surface area contributed by atoms with Crippen LogP contribution in [0.15, 0.2) is 52.0 Å². The van der Waals surface area contributed by atoms with Crippen LogP contribution < -0.4 is 9.47 Å². The summed E-state index contributed by atoms with van der Waals surface area (Å²) < 4.78 is 14.0. The predicted molar refractivity (Wildman–Crippen MR) is 112 cm³/mol. The monoisotopic (exact) mass is 446 g/mol. The van der Waals surface area contributed by atoms with Gasteiger partial charge in [-0.2, -0.15) is 14.9 Å². The maximum Gasteiger partial charge on any atom is 0.216 e. The van der Waals surface area contributed by atoms with Crippen LogP contribution in [-0.2, 0) is 0 Å². The van der Waals surface area contributed by atoms with Crippen molar-refractivity contribution < 1.29 is 9.47 Å². The molecule has 0 aliphatic rings. The summed E-state index contributed by atoms with van der Waals surface area (Å²) in [4.78, 5) is 0. The number of aromatic amines is 1. The van der Waals surface area contributed by atoms with Gasteiger partial charge >= 0.3 is 0 Å². The average Bonchev–Trinajstić information content (AvgIpc) is 3.06. The standard InChI is InChI=1S/C19H19BrN4O2S/c1-3-9-26-17-15(20)10-13(11-16(17)25-2)12-21-24-18(22-23-19(24)27)14-7-5-4-6-8-14/h4-8,10-12H,3,9H2,1-2H3,(H,23,27)/b21-12+. The molecule has 0 aliphatic carbocycles. The van der Waals surface area contributed by atoms with E-state index < -0.39 is 0 Å². The van der Waals surface area contributed by atoms with E-state index in [4.69, 9.17) is 21.7 Å². The highest BCUT2D eigenvalue weighted by atomic mass is 79.9. The Morgan fingerprint density at radius 2 is 2.07 bits per heavy atom. The molecule has 27 heavy (non-hydrogen) atoms. The maximum absolute atomic E-state index is 5.76. The van der Waals surface area contributed by atoms with E-state index in [2.05, 4.69) is 38.2 Å². The van der Waals surface area contributed by atoms with E-state index >= 15 is 0 Å². The van der Waals surface area contributed by atoms with Crippen molar-refractivity contribution in [1.29, 1.82) is 0 Å². The topological polar surface area (TPSA) is 64.4 Å². The van der Waals surface area contributed by atoms with E-state index in [0.29, 0.717) is 28.7 Å². The third-order valence-corrected chi connectivity index (χ3v) is 4.56. The highest BCUT2D eigenvalue weighted by Crippen LogP contribution is 2.36. The molecule has 140 valence electrons. The van der Waals surface area contributed by atoms with Crippen molar-refractivity contribution in [2.24, 2.45) is 5.10 Å². The van der Waals surface area contributed by atoms with Gasteiger partial charge in [0.25, 0.3) is 0 Å². The zero-order chi connectivity index (χ0) is 19.2. The summed E-state index contributed by atoms with van der Waals surface area (Å²) in [6.07, 6.45) is 2.62.